The molecule has 1 fully saturated rings. The number of nitrogens with one attached hydrogen (secondary N) is 1. The first-order valence-electron chi connectivity index (χ1n) is 7.39. The van der Waals surface area contributed by atoms with Gasteiger partial charge >= 0.3 is 0 Å². The minimum Gasteiger partial charge on any atom is -0.368 e. The van der Waals surface area contributed by atoms with Crippen molar-refractivity contribution in [2.24, 2.45) is 5.73 Å². The Labute approximate surface area is 121 Å². The summed E-state index contributed by atoms with van der Waals surface area (Å²) in [5, 5.41) is 3.24. The summed E-state index contributed by atoms with van der Waals surface area (Å²) >= 11 is 0. The third-order valence-corrected chi connectivity index (χ3v) is 3.86. The van der Waals surface area contributed by atoms with E-state index < -0.39 is 0 Å². The number of carbonyl (C=O) groups excluding carboxylic acids is 1. The van der Waals surface area contributed by atoms with Gasteiger partial charge in [-0.15, -0.1) is 0 Å². The summed E-state index contributed by atoms with van der Waals surface area (Å²) in [5.41, 5.74) is 6.87. The van der Waals surface area contributed by atoms with Gasteiger partial charge in [0, 0.05) is 19.1 Å². The van der Waals surface area contributed by atoms with Crippen LogP contribution in [0, 0.1) is 0 Å². The van der Waals surface area contributed by atoms with Crippen molar-refractivity contribution in [2.75, 3.05) is 19.6 Å². The van der Waals surface area contributed by atoms with Crippen LogP contribution in [0.5, 0.6) is 0 Å². The maximum atomic E-state index is 11.5. The Kier molecular flexibility index (Phi) is 5.15. The van der Waals surface area contributed by atoms with Crippen LogP contribution in [0.4, 0.5) is 0 Å². The van der Waals surface area contributed by atoms with Gasteiger partial charge in [-0.1, -0.05) is 44.2 Å². The molecule has 110 valence electrons. The van der Waals surface area contributed by atoms with Gasteiger partial charge < -0.3 is 16.0 Å². The zero-order valence-corrected chi connectivity index (χ0v) is 12.4. The maximum absolute atomic E-state index is 11.5. The number of rotatable bonds is 6. The molecule has 1 aromatic carbocycles. The van der Waals surface area contributed by atoms with E-state index in [1.165, 1.54) is 5.56 Å². The van der Waals surface area contributed by atoms with Crippen molar-refractivity contribution in [3.63, 3.8) is 0 Å². The fraction of sp³-hybridized carbons (Fsp3) is 0.562. The number of hydrogen-bond donors (Lipinski definition) is 2. The molecule has 1 heterocycles. The molecule has 0 bridgehead atoms. The number of carbonyl (C=O) groups is 1. The monoisotopic (exact) mass is 275 g/mol. The second kappa shape index (κ2) is 6.86. The Morgan fingerprint density at radius 1 is 1.40 bits per heavy atom. The predicted molar refractivity (Wildman–Crippen MR) is 81.5 cm³/mol. The van der Waals surface area contributed by atoms with Gasteiger partial charge in [0.2, 0.25) is 5.91 Å². The molecule has 0 radical (unpaired) electrons. The summed E-state index contributed by atoms with van der Waals surface area (Å²) < 4.78 is 0. The topological polar surface area (TPSA) is 58.4 Å². The van der Waals surface area contributed by atoms with E-state index in [9.17, 15) is 4.79 Å². The summed E-state index contributed by atoms with van der Waals surface area (Å²) in [4.78, 5) is 13.8. The molecular formula is C16H25N3O. The lowest BCUT2D eigenvalue weighted by atomic mass is 9.99. The number of nitrogens with two attached hydrogens (primary N) is 1. The first-order valence-corrected chi connectivity index (χ1v) is 7.39. The zero-order chi connectivity index (χ0) is 14.5. The van der Waals surface area contributed by atoms with Crippen molar-refractivity contribution >= 4 is 5.91 Å². The zero-order valence-electron chi connectivity index (χ0n) is 12.4. The van der Waals surface area contributed by atoms with Gasteiger partial charge in [0.15, 0.2) is 0 Å². The first-order chi connectivity index (χ1) is 9.56. The second-order valence-electron chi connectivity index (χ2n) is 5.93. The quantitative estimate of drug-likeness (QED) is 0.823. The van der Waals surface area contributed by atoms with Crippen LogP contribution in [0.15, 0.2) is 30.3 Å². The predicted octanol–water partition coefficient (Wildman–Crippen LogP) is 1.33. The highest BCUT2D eigenvalue weighted by molar-refractivity contribution is 5.80. The number of primary amides is 1. The Bertz CT molecular complexity index is 433. The van der Waals surface area contributed by atoms with Gasteiger partial charge in [0.1, 0.15) is 0 Å². The lowest BCUT2D eigenvalue weighted by Gasteiger charge is -2.24. The molecule has 0 saturated carbocycles. The summed E-state index contributed by atoms with van der Waals surface area (Å²) in [7, 11) is 0. The van der Waals surface area contributed by atoms with Crippen LogP contribution in [-0.2, 0) is 4.79 Å². The molecule has 1 aliphatic heterocycles. The van der Waals surface area contributed by atoms with Crippen LogP contribution in [0.3, 0.4) is 0 Å². The Balaban J connectivity index is 1.90. The van der Waals surface area contributed by atoms with Gasteiger partial charge in [-0.3, -0.25) is 4.79 Å². The van der Waals surface area contributed by atoms with E-state index in [4.69, 9.17) is 5.73 Å². The summed E-state index contributed by atoms with van der Waals surface area (Å²) in [6.45, 7) is 6.81. The van der Waals surface area contributed by atoms with Crippen molar-refractivity contribution in [1.29, 1.82) is 0 Å². The van der Waals surface area contributed by atoms with Crippen LogP contribution < -0.4 is 11.1 Å². The number of benzene rings is 1. The fourth-order valence-electron chi connectivity index (χ4n) is 2.88. The standard InChI is InChI=1S/C16H25N3O/c1-12(2)18-15(16(17)20)11-19-9-8-14(10-19)13-6-4-3-5-7-13/h3-7,12,14-15,18H,8-11H2,1-2H3,(H2,17,20). The molecular weight excluding hydrogens is 250 g/mol. The molecule has 1 aromatic rings. The first kappa shape index (κ1) is 15.0. The highest BCUT2D eigenvalue weighted by atomic mass is 16.1. The smallest absolute Gasteiger partial charge is 0.235 e. The summed E-state index contributed by atoms with van der Waals surface area (Å²) in [6, 6.07) is 10.6. The molecule has 3 N–H and O–H groups in total. The summed E-state index contributed by atoms with van der Waals surface area (Å²) in [6.07, 6.45) is 1.15. The summed E-state index contributed by atoms with van der Waals surface area (Å²) in [5.74, 6) is 0.311. The van der Waals surface area contributed by atoms with Crippen LogP contribution in [0.1, 0.15) is 31.7 Å². The van der Waals surface area contributed by atoms with Crippen LogP contribution in [-0.4, -0.2) is 42.5 Å². The molecule has 1 aliphatic rings. The van der Waals surface area contributed by atoms with Crippen LogP contribution >= 0.6 is 0 Å². The van der Waals surface area contributed by atoms with Gasteiger partial charge in [-0.25, -0.2) is 0 Å². The van der Waals surface area contributed by atoms with E-state index >= 15 is 0 Å². The molecule has 1 saturated heterocycles. The Morgan fingerprint density at radius 2 is 2.10 bits per heavy atom. The minimum absolute atomic E-state index is 0.260. The van der Waals surface area contributed by atoms with Gasteiger partial charge in [0.05, 0.1) is 6.04 Å². The lowest BCUT2D eigenvalue weighted by Crippen LogP contribution is -2.50. The average Bonchev–Trinajstić information content (AvgIpc) is 2.87. The molecule has 2 rings (SSSR count). The van der Waals surface area contributed by atoms with Crippen molar-refractivity contribution in [3.05, 3.63) is 35.9 Å². The Hall–Kier alpha value is -1.39. The number of hydrogen-bond acceptors (Lipinski definition) is 3. The molecule has 0 aliphatic carbocycles. The molecule has 4 heteroatoms. The highest BCUT2D eigenvalue weighted by Crippen LogP contribution is 2.26. The molecule has 0 aromatic heterocycles. The minimum atomic E-state index is -0.262. The van der Waals surface area contributed by atoms with Crippen molar-refractivity contribution in [2.45, 2.75) is 38.3 Å². The number of likely N-dealkylation sites (tertiary alicyclic amines) is 1. The van der Waals surface area contributed by atoms with E-state index in [0.29, 0.717) is 12.5 Å². The number of nitrogens with zero attached hydrogens (tertiary/aromatic N) is 1. The van der Waals surface area contributed by atoms with Crippen molar-refractivity contribution in [3.8, 4) is 0 Å². The second-order valence-corrected chi connectivity index (χ2v) is 5.93. The third-order valence-electron chi connectivity index (χ3n) is 3.86. The largest absolute Gasteiger partial charge is 0.368 e. The van der Waals surface area contributed by atoms with E-state index in [-0.39, 0.29) is 18.0 Å². The van der Waals surface area contributed by atoms with Crippen LogP contribution in [0.25, 0.3) is 0 Å². The number of amides is 1. The van der Waals surface area contributed by atoms with E-state index in [1.54, 1.807) is 0 Å². The maximum Gasteiger partial charge on any atom is 0.235 e. The molecule has 4 nitrogen and oxygen atoms in total. The average molecular weight is 275 g/mol. The van der Waals surface area contributed by atoms with Crippen molar-refractivity contribution in [1.82, 2.24) is 10.2 Å². The molecule has 2 unspecified atom stereocenters. The highest BCUT2D eigenvalue weighted by Gasteiger charge is 2.27. The van der Waals surface area contributed by atoms with Crippen LogP contribution in [0.2, 0.25) is 0 Å². The SMILES string of the molecule is CC(C)NC(CN1CCC(c2ccccc2)C1)C(N)=O. The van der Waals surface area contributed by atoms with E-state index in [1.807, 2.05) is 19.9 Å². The van der Waals surface area contributed by atoms with Crippen molar-refractivity contribution < 1.29 is 4.79 Å². The van der Waals surface area contributed by atoms with Gasteiger partial charge in [0.25, 0.3) is 0 Å². The molecule has 20 heavy (non-hydrogen) atoms. The van der Waals surface area contributed by atoms with Gasteiger partial charge in [-0.05, 0) is 24.4 Å². The third kappa shape index (κ3) is 4.05. The Morgan fingerprint density at radius 3 is 2.70 bits per heavy atom. The molecule has 0 spiro atoms. The van der Waals surface area contributed by atoms with Gasteiger partial charge in [-0.2, -0.15) is 0 Å². The van der Waals surface area contributed by atoms with E-state index in [2.05, 4.69) is 34.5 Å². The molecule has 2 atom stereocenters. The molecule has 1 amide bonds. The normalized spacial score (nSPS) is 21.2. The van der Waals surface area contributed by atoms with E-state index in [0.717, 1.165) is 19.5 Å². The lowest BCUT2D eigenvalue weighted by molar-refractivity contribution is -0.120. The fourth-order valence-corrected chi connectivity index (χ4v) is 2.88.